The smallest absolute Gasteiger partial charge is 0.0417 e. The van der Waals surface area contributed by atoms with E-state index in [1.165, 1.54) is 38.5 Å². The van der Waals surface area contributed by atoms with Crippen molar-refractivity contribution in [3.05, 3.63) is 25.8 Å². The van der Waals surface area contributed by atoms with Gasteiger partial charge < -0.3 is 0 Å². The second-order valence-corrected chi connectivity index (χ2v) is 5.60. The molecule has 0 radical (unpaired) electrons. The zero-order chi connectivity index (χ0) is 15.7. The Kier molecular flexibility index (Phi) is 24.6. The van der Waals surface area contributed by atoms with E-state index in [1.807, 2.05) is 6.92 Å². The van der Waals surface area contributed by atoms with E-state index in [0.29, 0.717) is 0 Å². The van der Waals surface area contributed by atoms with Crippen LogP contribution in [0.4, 0.5) is 0 Å². The van der Waals surface area contributed by atoms with E-state index >= 15 is 0 Å². The highest BCUT2D eigenvalue weighted by Crippen LogP contribution is 2.24. The van der Waals surface area contributed by atoms with Crippen molar-refractivity contribution in [3.63, 3.8) is 0 Å². The van der Waals surface area contributed by atoms with E-state index in [1.54, 1.807) is 6.08 Å². The Morgan fingerprint density at radius 3 is 1.68 bits per heavy atom. The number of allylic oxidation sites excluding steroid dienone is 1. The molecular weight excluding hydrogens is 228 g/mol. The third kappa shape index (κ3) is 20.0. The molecule has 3 unspecified atom stereocenters. The first-order chi connectivity index (χ1) is 9.03. The van der Waals surface area contributed by atoms with Crippen LogP contribution in [0.5, 0.6) is 0 Å². The zero-order valence-corrected chi connectivity index (χ0v) is 14.7. The van der Waals surface area contributed by atoms with Crippen molar-refractivity contribution >= 4 is 0 Å². The SMILES string of the molecule is C=C.C=CC.CCCCC(C)C(C)CCC(C)CC. The number of hydrogen-bond acceptors (Lipinski definition) is 0. The minimum absolute atomic E-state index is 0.926. The second-order valence-electron chi connectivity index (χ2n) is 5.60. The fraction of sp³-hybridized carbons (Fsp3) is 0.789. The predicted molar refractivity (Wildman–Crippen MR) is 93.7 cm³/mol. The van der Waals surface area contributed by atoms with Crippen LogP contribution in [0.2, 0.25) is 0 Å². The van der Waals surface area contributed by atoms with Crippen LogP contribution in [0.15, 0.2) is 25.8 Å². The van der Waals surface area contributed by atoms with Gasteiger partial charge in [-0.15, -0.1) is 19.7 Å². The molecule has 0 heteroatoms. The van der Waals surface area contributed by atoms with E-state index in [4.69, 9.17) is 0 Å². The van der Waals surface area contributed by atoms with Gasteiger partial charge >= 0.3 is 0 Å². The van der Waals surface area contributed by atoms with Crippen LogP contribution in [-0.4, -0.2) is 0 Å². The van der Waals surface area contributed by atoms with Gasteiger partial charge in [-0.25, -0.2) is 0 Å². The van der Waals surface area contributed by atoms with Crippen molar-refractivity contribution in [3.8, 4) is 0 Å². The highest BCUT2D eigenvalue weighted by molar-refractivity contribution is 4.64. The lowest BCUT2D eigenvalue weighted by Gasteiger charge is -2.21. The summed E-state index contributed by atoms with van der Waals surface area (Å²) in [5.41, 5.74) is 0. The van der Waals surface area contributed by atoms with Crippen LogP contribution in [0.1, 0.15) is 80.1 Å². The molecule has 0 aromatic rings. The van der Waals surface area contributed by atoms with Crippen LogP contribution < -0.4 is 0 Å². The van der Waals surface area contributed by atoms with Gasteiger partial charge in [-0.3, -0.25) is 0 Å². The average Bonchev–Trinajstić information content (AvgIpc) is 2.44. The van der Waals surface area contributed by atoms with Crippen LogP contribution >= 0.6 is 0 Å². The molecule has 116 valence electrons. The van der Waals surface area contributed by atoms with Gasteiger partial charge in [0.1, 0.15) is 0 Å². The fourth-order valence-electron chi connectivity index (χ4n) is 1.85. The molecule has 0 aliphatic rings. The highest BCUT2D eigenvalue weighted by atomic mass is 14.2. The summed E-state index contributed by atoms with van der Waals surface area (Å²) in [5.74, 6) is 2.78. The van der Waals surface area contributed by atoms with Crippen molar-refractivity contribution in [2.24, 2.45) is 17.8 Å². The Morgan fingerprint density at radius 2 is 1.32 bits per heavy atom. The van der Waals surface area contributed by atoms with Gasteiger partial charge in [-0.05, 0) is 24.7 Å². The molecular formula is C19H40. The lowest BCUT2D eigenvalue weighted by atomic mass is 9.85. The molecule has 0 heterocycles. The summed E-state index contributed by atoms with van der Waals surface area (Å²) < 4.78 is 0. The second kappa shape index (κ2) is 19.8. The third-order valence-electron chi connectivity index (χ3n) is 3.80. The van der Waals surface area contributed by atoms with Crippen molar-refractivity contribution in [1.82, 2.24) is 0 Å². The number of rotatable bonds is 8. The van der Waals surface area contributed by atoms with Crippen molar-refractivity contribution < 1.29 is 0 Å². The topological polar surface area (TPSA) is 0 Å². The van der Waals surface area contributed by atoms with E-state index in [-0.39, 0.29) is 0 Å². The first kappa shape index (κ1) is 23.6. The fourth-order valence-corrected chi connectivity index (χ4v) is 1.85. The molecule has 0 amide bonds. The molecule has 0 aromatic carbocycles. The molecule has 0 nitrogen and oxygen atoms in total. The monoisotopic (exact) mass is 268 g/mol. The largest absolute Gasteiger partial charge is 0.106 e. The molecule has 0 fully saturated rings. The molecule has 0 spiro atoms. The van der Waals surface area contributed by atoms with E-state index < -0.39 is 0 Å². The maximum absolute atomic E-state index is 3.36. The highest BCUT2D eigenvalue weighted by Gasteiger charge is 2.12. The lowest BCUT2D eigenvalue weighted by Crippen LogP contribution is -2.09. The van der Waals surface area contributed by atoms with Crippen LogP contribution in [0.25, 0.3) is 0 Å². The summed E-state index contributed by atoms with van der Waals surface area (Å²) in [6, 6.07) is 0. The first-order valence-corrected chi connectivity index (χ1v) is 8.10. The average molecular weight is 269 g/mol. The third-order valence-corrected chi connectivity index (χ3v) is 3.80. The molecule has 3 atom stereocenters. The Bertz CT molecular complexity index is 159. The standard InChI is InChI=1S/C14H30.C3H6.C2H4/c1-6-8-9-13(4)14(5)11-10-12(3)7-2;1-3-2;1-2/h12-14H,6-11H2,1-5H3;3H,1H2,2H3;1-2H2. The predicted octanol–water partition coefficient (Wildman–Crippen LogP) is 7.27. The Labute approximate surface area is 124 Å². The summed E-state index contributed by atoms with van der Waals surface area (Å²) in [6.45, 7) is 23.1. The minimum Gasteiger partial charge on any atom is -0.106 e. The summed E-state index contributed by atoms with van der Waals surface area (Å²) in [4.78, 5) is 0. The first-order valence-electron chi connectivity index (χ1n) is 8.10. The summed E-state index contributed by atoms with van der Waals surface area (Å²) in [7, 11) is 0. The molecule has 0 bridgehead atoms. The van der Waals surface area contributed by atoms with Crippen LogP contribution in [0, 0.1) is 17.8 Å². The van der Waals surface area contributed by atoms with Crippen molar-refractivity contribution in [2.75, 3.05) is 0 Å². The minimum atomic E-state index is 0.926. The van der Waals surface area contributed by atoms with Gasteiger partial charge in [0.25, 0.3) is 0 Å². The van der Waals surface area contributed by atoms with Crippen LogP contribution in [-0.2, 0) is 0 Å². The number of unbranched alkanes of at least 4 members (excludes halogenated alkanes) is 1. The molecule has 0 aromatic heterocycles. The van der Waals surface area contributed by atoms with Gasteiger partial charge in [0.15, 0.2) is 0 Å². The van der Waals surface area contributed by atoms with E-state index in [2.05, 4.69) is 54.4 Å². The Balaban J connectivity index is -0.000000445. The van der Waals surface area contributed by atoms with Gasteiger partial charge in [-0.2, -0.15) is 0 Å². The van der Waals surface area contributed by atoms with Crippen molar-refractivity contribution in [2.45, 2.75) is 80.1 Å². The molecule has 19 heavy (non-hydrogen) atoms. The van der Waals surface area contributed by atoms with Crippen LogP contribution in [0.3, 0.4) is 0 Å². The lowest BCUT2D eigenvalue weighted by molar-refractivity contribution is 0.308. The quantitative estimate of drug-likeness (QED) is 0.406. The normalized spacial score (nSPS) is 14.0. The van der Waals surface area contributed by atoms with Gasteiger partial charge in [0.05, 0.1) is 0 Å². The van der Waals surface area contributed by atoms with Crippen molar-refractivity contribution in [1.29, 1.82) is 0 Å². The van der Waals surface area contributed by atoms with E-state index in [9.17, 15) is 0 Å². The maximum atomic E-state index is 3.36. The Morgan fingerprint density at radius 1 is 0.895 bits per heavy atom. The molecule has 0 rings (SSSR count). The van der Waals surface area contributed by atoms with Gasteiger partial charge in [0, 0.05) is 0 Å². The zero-order valence-electron chi connectivity index (χ0n) is 14.7. The number of hydrogen-bond donors (Lipinski definition) is 0. The molecule has 0 aliphatic heterocycles. The van der Waals surface area contributed by atoms with E-state index in [0.717, 1.165) is 17.8 Å². The maximum Gasteiger partial charge on any atom is -0.0417 e. The summed E-state index contributed by atoms with van der Waals surface area (Å²) >= 11 is 0. The van der Waals surface area contributed by atoms with Gasteiger partial charge in [0.2, 0.25) is 0 Å². The molecule has 0 saturated heterocycles. The molecule has 0 N–H and O–H groups in total. The van der Waals surface area contributed by atoms with Gasteiger partial charge in [-0.1, -0.05) is 79.2 Å². The Hall–Kier alpha value is -0.520. The summed E-state index contributed by atoms with van der Waals surface area (Å²) in [6.07, 6.45) is 10.1. The summed E-state index contributed by atoms with van der Waals surface area (Å²) in [5, 5.41) is 0. The molecule has 0 saturated carbocycles. The molecule has 0 aliphatic carbocycles.